The lowest BCUT2D eigenvalue weighted by Gasteiger charge is -2.08. The van der Waals surface area contributed by atoms with Gasteiger partial charge in [-0.05, 0) is 23.9 Å². The van der Waals surface area contributed by atoms with E-state index in [0.29, 0.717) is 12.1 Å². The van der Waals surface area contributed by atoms with Crippen molar-refractivity contribution < 1.29 is 4.79 Å². The maximum atomic E-state index is 12.6. The van der Waals surface area contributed by atoms with Crippen molar-refractivity contribution in [1.29, 1.82) is 0 Å². The quantitative estimate of drug-likeness (QED) is 0.589. The van der Waals surface area contributed by atoms with E-state index in [2.05, 4.69) is 16.5 Å². The number of fused-ring (bicyclic) bond motifs is 3. The maximum absolute atomic E-state index is 12.6. The molecule has 0 saturated carbocycles. The number of amides is 1. The first-order valence-electron chi connectivity index (χ1n) is 8.37. The molecule has 0 aliphatic rings. The molecule has 4 aromatic rings. The second-order valence-electron chi connectivity index (χ2n) is 6.12. The zero-order valence-electron chi connectivity index (χ0n) is 14.3. The predicted octanol–water partition coefficient (Wildman–Crippen LogP) is 2.31. The van der Waals surface area contributed by atoms with Crippen LogP contribution in [0.1, 0.15) is 4.88 Å². The van der Waals surface area contributed by atoms with Crippen molar-refractivity contribution in [2.75, 3.05) is 6.54 Å². The number of thiophene rings is 1. The van der Waals surface area contributed by atoms with Crippen molar-refractivity contribution in [3.05, 3.63) is 63.2 Å². The van der Waals surface area contributed by atoms with Gasteiger partial charge in [0.25, 0.3) is 5.56 Å². The van der Waals surface area contributed by atoms with Crippen LogP contribution in [0.15, 0.2) is 52.8 Å². The summed E-state index contributed by atoms with van der Waals surface area (Å²) in [6, 6.07) is 11.8. The molecule has 0 saturated heterocycles. The second-order valence-corrected chi connectivity index (χ2v) is 7.15. The molecule has 1 amide bonds. The lowest BCUT2D eigenvalue weighted by atomic mass is 10.2. The number of hydrogen-bond donors (Lipinski definition) is 1. The number of carbonyl (C=O) groups is 1. The third kappa shape index (κ3) is 2.90. The largest absolute Gasteiger partial charge is 0.354 e. The van der Waals surface area contributed by atoms with Crippen molar-refractivity contribution in [2.24, 2.45) is 7.05 Å². The Bertz CT molecular complexity index is 1140. The Kier molecular flexibility index (Phi) is 4.30. The van der Waals surface area contributed by atoms with E-state index >= 15 is 0 Å². The highest BCUT2D eigenvalue weighted by Crippen LogP contribution is 2.25. The van der Waals surface area contributed by atoms with E-state index in [1.807, 2.05) is 35.7 Å². The minimum absolute atomic E-state index is 0.105. The molecule has 7 heteroatoms. The topological polar surface area (TPSA) is 68.9 Å². The van der Waals surface area contributed by atoms with Crippen LogP contribution in [-0.2, 0) is 24.8 Å². The Hall–Kier alpha value is -2.93. The Morgan fingerprint density at radius 3 is 2.85 bits per heavy atom. The summed E-state index contributed by atoms with van der Waals surface area (Å²) in [7, 11) is 1.62. The average Bonchev–Trinajstić information content (AvgIpc) is 3.26. The Labute approximate surface area is 153 Å². The van der Waals surface area contributed by atoms with E-state index in [4.69, 9.17) is 0 Å². The van der Waals surface area contributed by atoms with Crippen LogP contribution in [0.4, 0.5) is 0 Å². The highest BCUT2D eigenvalue weighted by Gasteiger charge is 2.16. The monoisotopic (exact) mass is 366 g/mol. The number of nitrogens with zero attached hydrogens (tertiary/aromatic N) is 3. The molecular weight excluding hydrogens is 348 g/mol. The number of rotatable bonds is 5. The van der Waals surface area contributed by atoms with E-state index in [1.54, 1.807) is 29.1 Å². The summed E-state index contributed by atoms with van der Waals surface area (Å²) < 4.78 is 3.08. The average molecular weight is 366 g/mol. The number of aromatic nitrogens is 3. The van der Waals surface area contributed by atoms with Crippen LogP contribution < -0.4 is 10.9 Å². The zero-order valence-corrected chi connectivity index (χ0v) is 15.1. The maximum Gasteiger partial charge on any atom is 0.291 e. The van der Waals surface area contributed by atoms with Gasteiger partial charge >= 0.3 is 0 Å². The normalized spacial score (nSPS) is 11.3. The summed E-state index contributed by atoms with van der Waals surface area (Å²) in [4.78, 5) is 26.3. The molecular formula is C19H18N4O2S. The summed E-state index contributed by atoms with van der Waals surface area (Å²) in [6.45, 7) is 0.684. The highest BCUT2D eigenvalue weighted by molar-refractivity contribution is 7.09. The lowest BCUT2D eigenvalue weighted by Crippen LogP contribution is -2.30. The van der Waals surface area contributed by atoms with Gasteiger partial charge in [0.1, 0.15) is 12.1 Å². The molecule has 1 N–H and O–H groups in total. The number of benzene rings is 1. The van der Waals surface area contributed by atoms with E-state index in [-0.39, 0.29) is 18.0 Å². The number of carbonyl (C=O) groups excluding carboxylic acids is 1. The molecule has 132 valence electrons. The van der Waals surface area contributed by atoms with Gasteiger partial charge in [0.05, 0.1) is 6.20 Å². The van der Waals surface area contributed by atoms with Crippen LogP contribution in [0.2, 0.25) is 0 Å². The van der Waals surface area contributed by atoms with Crippen molar-refractivity contribution >= 4 is 39.0 Å². The van der Waals surface area contributed by atoms with Gasteiger partial charge in [0, 0.05) is 34.8 Å². The summed E-state index contributed by atoms with van der Waals surface area (Å²) in [6.07, 6.45) is 2.49. The fourth-order valence-electron chi connectivity index (χ4n) is 3.19. The molecule has 0 fully saturated rings. The number of para-hydroxylation sites is 1. The first-order valence-corrected chi connectivity index (χ1v) is 9.25. The molecule has 3 heterocycles. The highest BCUT2D eigenvalue weighted by atomic mass is 32.1. The minimum Gasteiger partial charge on any atom is -0.354 e. The molecule has 0 spiro atoms. The third-order valence-corrected chi connectivity index (χ3v) is 5.38. The molecule has 4 rings (SSSR count). The van der Waals surface area contributed by atoms with Crippen molar-refractivity contribution in [2.45, 2.75) is 13.0 Å². The van der Waals surface area contributed by atoms with Gasteiger partial charge in [-0.2, -0.15) is 5.10 Å². The standard InChI is InChI=1S/C19H18N4O2S/c1-22-19(25)18-15(11-21-22)14-6-2-3-7-16(14)23(18)12-17(24)20-9-8-13-5-4-10-26-13/h2-7,10-11H,8-9,12H2,1H3,(H,20,24). The number of nitrogens with one attached hydrogen (secondary N) is 1. The van der Waals surface area contributed by atoms with Crippen LogP contribution >= 0.6 is 11.3 Å². The Morgan fingerprint density at radius 2 is 2.04 bits per heavy atom. The summed E-state index contributed by atoms with van der Waals surface area (Å²) in [5.41, 5.74) is 1.17. The van der Waals surface area contributed by atoms with Gasteiger partial charge in [-0.3, -0.25) is 9.59 Å². The van der Waals surface area contributed by atoms with Gasteiger partial charge in [-0.1, -0.05) is 24.3 Å². The molecule has 1 aromatic carbocycles. The Morgan fingerprint density at radius 1 is 1.19 bits per heavy atom. The van der Waals surface area contributed by atoms with Crippen molar-refractivity contribution in [3.8, 4) is 0 Å². The van der Waals surface area contributed by atoms with E-state index in [0.717, 1.165) is 22.7 Å². The molecule has 0 bridgehead atoms. The van der Waals surface area contributed by atoms with Crippen LogP contribution in [0.25, 0.3) is 21.8 Å². The zero-order chi connectivity index (χ0) is 18.1. The molecule has 0 aliphatic heterocycles. The van der Waals surface area contributed by atoms with Crippen molar-refractivity contribution in [1.82, 2.24) is 19.7 Å². The van der Waals surface area contributed by atoms with Crippen molar-refractivity contribution in [3.63, 3.8) is 0 Å². The first-order chi connectivity index (χ1) is 12.6. The lowest BCUT2D eigenvalue weighted by molar-refractivity contribution is -0.121. The molecule has 0 aliphatic carbocycles. The molecule has 6 nitrogen and oxygen atoms in total. The van der Waals surface area contributed by atoms with Crippen LogP contribution in [0.3, 0.4) is 0 Å². The SMILES string of the molecule is Cn1ncc2c3ccccc3n(CC(=O)NCCc3cccs3)c2c1=O. The van der Waals surface area contributed by atoms with Gasteiger partial charge in [0.15, 0.2) is 0 Å². The molecule has 0 unspecified atom stereocenters. The number of hydrogen-bond acceptors (Lipinski definition) is 4. The van der Waals surface area contributed by atoms with Gasteiger partial charge in [-0.15, -0.1) is 11.3 Å². The number of aryl methyl sites for hydroxylation is 1. The second kappa shape index (κ2) is 6.76. The van der Waals surface area contributed by atoms with Gasteiger partial charge < -0.3 is 9.88 Å². The van der Waals surface area contributed by atoms with Crippen LogP contribution in [0, 0.1) is 0 Å². The van der Waals surface area contributed by atoms with Gasteiger partial charge in [0.2, 0.25) is 5.91 Å². The summed E-state index contributed by atoms with van der Waals surface area (Å²) in [5.74, 6) is -0.108. The third-order valence-electron chi connectivity index (χ3n) is 4.44. The van der Waals surface area contributed by atoms with Crippen LogP contribution in [0.5, 0.6) is 0 Å². The fraction of sp³-hybridized carbons (Fsp3) is 0.211. The Balaban J connectivity index is 1.65. The smallest absolute Gasteiger partial charge is 0.291 e. The van der Waals surface area contributed by atoms with E-state index < -0.39 is 0 Å². The van der Waals surface area contributed by atoms with Gasteiger partial charge in [-0.25, -0.2) is 4.68 Å². The van der Waals surface area contributed by atoms with E-state index in [9.17, 15) is 9.59 Å². The molecule has 3 aromatic heterocycles. The fourth-order valence-corrected chi connectivity index (χ4v) is 3.89. The molecule has 26 heavy (non-hydrogen) atoms. The first kappa shape index (κ1) is 16.5. The predicted molar refractivity (Wildman–Crippen MR) is 104 cm³/mol. The summed E-state index contributed by atoms with van der Waals surface area (Å²) in [5, 5.41) is 10.8. The minimum atomic E-state index is -0.204. The summed E-state index contributed by atoms with van der Waals surface area (Å²) >= 11 is 1.68. The molecule has 0 radical (unpaired) electrons. The molecule has 0 atom stereocenters. The van der Waals surface area contributed by atoms with E-state index in [1.165, 1.54) is 9.56 Å². The van der Waals surface area contributed by atoms with Crippen LogP contribution in [-0.4, -0.2) is 26.8 Å².